The Morgan fingerprint density at radius 3 is 2.58 bits per heavy atom. The van der Waals surface area contributed by atoms with Crippen molar-refractivity contribution in [3.05, 3.63) is 80.5 Å². The molecule has 0 unspecified atom stereocenters. The van der Waals surface area contributed by atoms with Crippen LogP contribution in [0.25, 0.3) is 16.5 Å². The van der Waals surface area contributed by atoms with E-state index in [1.807, 2.05) is 10.6 Å². The number of nitrogens with zero attached hydrogens (tertiary/aromatic N) is 3. The van der Waals surface area contributed by atoms with Crippen molar-refractivity contribution in [2.24, 2.45) is 0 Å². The Kier molecular flexibility index (Phi) is 6.88. The Bertz CT molecular complexity index is 1400. The third-order valence-corrected chi connectivity index (χ3v) is 7.11. The SMILES string of the molecule is Cc1ccc2c(C)ccc(-n3c(Br)nnc3SCC(=O)Cc3ccc(C(=O)O)cc3Cl)c2c1. The Morgan fingerprint density at radius 1 is 1.06 bits per heavy atom. The lowest BCUT2D eigenvalue weighted by Gasteiger charge is -2.13. The first-order chi connectivity index (χ1) is 15.7. The molecular weight excluding hydrogens is 526 g/mol. The Balaban J connectivity index is 1.57. The zero-order chi connectivity index (χ0) is 23.7. The number of carbonyl (C=O) groups excluding carboxylic acids is 1. The highest BCUT2D eigenvalue weighted by molar-refractivity contribution is 9.10. The molecule has 0 saturated heterocycles. The standard InChI is InChI=1S/C24H19BrClN3O3S/c1-13-3-7-18-14(2)4-8-21(19(18)9-13)29-23(25)27-28-24(29)33-12-17(30)10-15-5-6-16(22(31)32)11-20(15)26/h3-9,11H,10,12H2,1-2H3,(H,31,32). The largest absolute Gasteiger partial charge is 0.478 e. The summed E-state index contributed by atoms with van der Waals surface area (Å²) in [6.07, 6.45) is 0.105. The molecule has 3 aromatic carbocycles. The molecule has 0 aliphatic heterocycles. The predicted molar refractivity (Wildman–Crippen MR) is 134 cm³/mol. The van der Waals surface area contributed by atoms with E-state index in [4.69, 9.17) is 16.7 Å². The van der Waals surface area contributed by atoms with E-state index in [0.717, 1.165) is 22.0 Å². The highest BCUT2D eigenvalue weighted by Gasteiger charge is 2.18. The maximum absolute atomic E-state index is 12.6. The summed E-state index contributed by atoms with van der Waals surface area (Å²) < 4.78 is 2.45. The van der Waals surface area contributed by atoms with Gasteiger partial charge in [0.2, 0.25) is 4.73 Å². The Morgan fingerprint density at radius 2 is 1.85 bits per heavy atom. The number of carboxylic acids is 1. The molecule has 9 heteroatoms. The molecule has 0 aliphatic rings. The minimum absolute atomic E-state index is 0.0553. The van der Waals surface area contributed by atoms with Gasteiger partial charge in [-0.05, 0) is 70.6 Å². The number of hydrogen-bond acceptors (Lipinski definition) is 5. The number of aryl methyl sites for hydroxylation is 2. The molecule has 0 fully saturated rings. The Labute approximate surface area is 208 Å². The summed E-state index contributed by atoms with van der Waals surface area (Å²) in [5, 5.41) is 20.6. The number of ketones is 1. The minimum Gasteiger partial charge on any atom is -0.478 e. The van der Waals surface area contributed by atoms with Crippen molar-refractivity contribution < 1.29 is 14.7 Å². The highest BCUT2D eigenvalue weighted by Crippen LogP contribution is 2.32. The summed E-state index contributed by atoms with van der Waals surface area (Å²) in [5.41, 5.74) is 3.93. The van der Waals surface area contributed by atoms with Crippen LogP contribution in [0.4, 0.5) is 0 Å². The van der Waals surface area contributed by atoms with Crippen LogP contribution in [-0.4, -0.2) is 37.4 Å². The van der Waals surface area contributed by atoms with Crippen molar-refractivity contribution in [2.75, 3.05) is 5.75 Å². The lowest BCUT2D eigenvalue weighted by molar-refractivity contribution is -0.116. The number of hydrogen-bond donors (Lipinski definition) is 1. The first kappa shape index (κ1) is 23.5. The monoisotopic (exact) mass is 543 g/mol. The average Bonchev–Trinajstić information content (AvgIpc) is 3.14. The first-order valence-electron chi connectivity index (χ1n) is 10.0. The third kappa shape index (κ3) is 4.98. The molecule has 168 valence electrons. The van der Waals surface area contributed by atoms with Crippen LogP contribution in [0.5, 0.6) is 0 Å². The molecule has 0 amide bonds. The second-order valence-electron chi connectivity index (χ2n) is 7.65. The predicted octanol–water partition coefficient (Wildman–Crippen LogP) is 6.06. The number of aromatic carboxylic acids is 1. The van der Waals surface area contributed by atoms with Gasteiger partial charge in [-0.15, -0.1) is 10.2 Å². The molecule has 4 aromatic rings. The molecule has 0 spiro atoms. The molecule has 0 aliphatic carbocycles. The Hall–Kier alpha value is -2.68. The van der Waals surface area contributed by atoms with Gasteiger partial charge in [-0.25, -0.2) is 4.79 Å². The van der Waals surface area contributed by atoms with Crippen molar-refractivity contribution in [3.63, 3.8) is 0 Å². The highest BCUT2D eigenvalue weighted by atomic mass is 79.9. The number of carbonyl (C=O) groups is 2. The molecule has 0 saturated carbocycles. The molecule has 6 nitrogen and oxygen atoms in total. The van der Waals surface area contributed by atoms with Crippen LogP contribution >= 0.6 is 39.3 Å². The van der Waals surface area contributed by atoms with Gasteiger partial charge in [-0.3, -0.25) is 9.36 Å². The molecule has 0 atom stereocenters. The summed E-state index contributed by atoms with van der Waals surface area (Å²) in [7, 11) is 0. The fourth-order valence-electron chi connectivity index (χ4n) is 3.57. The number of carboxylic acid groups (broad SMARTS) is 1. The van der Waals surface area contributed by atoms with Crippen LogP contribution < -0.4 is 0 Å². The van der Waals surface area contributed by atoms with Crippen LogP contribution in [0, 0.1) is 13.8 Å². The van der Waals surface area contributed by atoms with Crippen molar-refractivity contribution in [1.82, 2.24) is 14.8 Å². The second-order valence-corrected chi connectivity index (χ2v) is 9.71. The fourth-order valence-corrected chi connectivity index (χ4v) is 5.18. The normalized spacial score (nSPS) is 11.2. The zero-order valence-corrected chi connectivity index (χ0v) is 21.0. The van der Waals surface area contributed by atoms with Gasteiger partial charge in [0.05, 0.1) is 17.0 Å². The fraction of sp³-hybridized carbons (Fsp3) is 0.167. The summed E-state index contributed by atoms with van der Waals surface area (Å²) in [6, 6.07) is 14.8. The van der Waals surface area contributed by atoms with Crippen molar-refractivity contribution >= 4 is 61.8 Å². The van der Waals surface area contributed by atoms with Crippen LogP contribution in [0.3, 0.4) is 0 Å². The maximum atomic E-state index is 12.6. The molecule has 0 bridgehead atoms. The zero-order valence-electron chi connectivity index (χ0n) is 17.8. The number of rotatable bonds is 7. The molecule has 33 heavy (non-hydrogen) atoms. The topological polar surface area (TPSA) is 85.1 Å². The summed E-state index contributed by atoms with van der Waals surface area (Å²) >= 11 is 11.0. The van der Waals surface area contributed by atoms with Crippen LogP contribution in [0.2, 0.25) is 5.02 Å². The number of Topliss-reactive ketones (excluding diaryl/α,β-unsaturated/α-hetero) is 1. The smallest absolute Gasteiger partial charge is 0.335 e. The summed E-state index contributed by atoms with van der Waals surface area (Å²) in [6.45, 7) is 4.13. The van der Waals surface area contributed by atoms with Crippen molar-refractivity contribution in [2.45, 2.75) is 25.4 Å². The van der Waals surface area contributed by atoms with Gasteiger partial charge < -0.3 is 5.11 Å². The molecule has 1 heterocycles. The number of fused-ring (bicyclic) bond motifs is 1. The molecule has 1 N–H and O–H groups in total. The van der Waals surface area contributed by atoms with Crippen LogP contribution in [0.1, 0.15) is 27.0 Å². The van der Waals surface area contributed by atoms with E-state index >= 15 is 0 Å². The lowest BCUT2D eigenvalue weighted by Crippen LogP contribution is -2.08. The van der Waals surface area contributed by atoms with Crippen molar-refractivity contribution in [3.8, 4) is 5.69 Å². The number of halogens is 2. The van der Waals surface area contributed by atoms with Crippen molar-refractivity contribution in [1.29, 1.82) is 0 Å². The molecule has 1 aromatic heterocycles. The van der Waals surface area contributed by atoms with E-state index in [9.17, 15) is 9.59 Å². The van der Waals surface area contributed by atoms with Gasteiger partial charge in [-0.2, -0.15) is 0 Å². The number of benzene rings is 3. The second kappa shape index (κ2) is 9.67. The maximum Gasteiger partial charge on any atom is 0.335 e. The molecule has 0 radical (unpaired) electrons. The van der Waals surface area contributed by atoms with Crippen LogP contribution in [0.15, 0.2) is 58.4 Å². The van der Waals surface area contributed by atoms with Gasteiger partial charge in [-0.1, -0.05) is 53.2 Å². The van der Waals surface area contributed by atoms with E-state index in [1.54, 1.807) is 6.07 Å². The van der Waals surface area contributed by atoms with E-state index in [2.05, 4.69) is 64.2 Å². The van der Waals surface area contributed by atoms with Gasteiger partial charge in [0.15, 0.2) is 5.16 Å². The first-order valence-corrected chi connectivity index (χ1v) is 12.2. The van der Waals surface area contributed by atoms with E-state index in [-0.39, 0.29) is 28.5 Å². The van der Waals surface area contributed by atoms with E-state index in [1.165, 1.54) is 29.5 Å². The van der Waals surface area contributed by atoms with Gasteiger partial charge in [0.25, 0.3) is 0 Å². The summed E-state index contributed by atoms with van der Waals surface area (Å²) in [4.78, 5) is 23.7. The van der Waals surface area contributed by atoms with Gasteiger partial charge in [0, 0.05) is 16.8 Å². The van der Waals surface area contributed by atoms with E-state index in [0.29, 0.717) is 15.5 Å². The number of thioether (sulfide) groups is 1. The number of aromatic nitrogens is 3. The summed E-state index contributed by atoms with van der Waals surface area (Å²) in [5.74, 6) is -0.945. The van der Waals surface area contributed by atoms with Crippen LogP contribution in [-0.2, 0) is 11.2 Å². The quantitative estimate of drug-likeness (QED) is 0.285. The average molecular weight is 545 g/mol. The minimum atomic E-state index is -1.06. The lowest BCUT2D eigenvalue weighted by atomic mass is 10.0. The van der Waals surface area contributed by atoms with E-state index < -0.39 is 5.97 Å². The van der Waals surface area contributed by atoms with Gasteiger partial charge in [0.1, 0.15) is 5.78 Å². The molecule has 4 rings (SSSR count). The molecular formula is C24H19BrClN3O3S. The van der Waals surface area contributed by atoms with Gasteiger partial charge >= 0.3 is 5.97 Å². The third-order valence-electron chi connectivity index (χ3n) is 5.25.